The van der Waals surface area contributed by atoms with Crippen molar-refractivity contribution in [3.63, 3.8) is 0 Å². The molecule has 1 spiro atoms. The Labute approximate surface area is 166 Å². The fourth-order valence-corrected chi connectivity index (χ4v) is 7.94. The number of fused-ring (bicyclic) bond motifs is 2. The largest absolute Gasteiger partial charge is 0.369 e. The van der Waals surface area contributed by atoms with Crippen molar-refractivity contribution in [1.82, 2.24) is 10.2 Å². The molecule has 1 saturated heterocycles. The highest BCUT2D eigenvalue weighted by molar-refractivity contribution is 5.82. The zero-order chi connectivity index (χ0) is 19.1. The van der Waals surface area contributed by atoms with Crippen LogP contribution in [0.3, 0.4) is 0 Å². The van der Waals surface area contributed by atoms with Crippen LogP contribution in [0, 0.1) is 23.2 Å². The smallest absolute Gasteiger partial charge is 0.318 e. The van der Waals surface area contributed by atoms with E-state index in [0.717, 1.165) is 57.9 Å². The highest BCUT2D eigenvalue weighted by Gasteiger charge is 2.61. The number of carbonyl (C=O) groups is 2. The molecule has 4 bridgehead atoms. The minimum absolute atomic E-state index is 0.0994. The number of nitrogens with two attached hydrogens (primary N) is 1. The van der Waals surface area contributed by atoms with Gasteiger partial charge in [-0.05, 0) is 80.2 Å². The average molecular weight is 380 g/mol. The molecule has 5 aliphatic carbocycles. The molecule has 7 rings (SSSR count). The number of aryl methyl sites for hydroxylation is 1. The molecule has 148 valence electrons. The van der Waals surface area contributed by atoms with Crippen LogP contribution in [0.1, 0.15) is 56.1 Å². The van der Waals surface area contributed by atoms with Crippen LogP contribution in [0.2, 0.25) is 0 Å². The van der Waals surface area contributed by atoms with Crippen molar-refractivity contribution in [2.24, 2.45) is 28.9 Å². The number of rotatable bonds is 2. The molecule has 3 amide bonds. The first-order valence-corrected chi connectivity index (χ1v) is 11.0. The maximum Gasteiger partial charge on any atom is 0.318 e. The average Bonchev–Trinajstić information content (AvgIpc) is 2.98. The van der Waals surface area contributed by atoms with E-state index in [1.165, 1.54) is 11.1 Å². The van der Waals surface area contributed by atoms with Crippen LogP contribution in [0.5, 0.6) is 0 Å². The SMILES string of the molecule is NC(=O)C12CC3CC(C1)C(N1CC4(CCCc5ccccc54)NC1=O)C(C3)C2. The zero-order valence-electron chi connectivity index (χ0n) is 16.3. The highest BCUT2D eigenvalue weighted by Crippen LogP contribution is 2.61. The summed E-state index contributed by atoms with van der Waals surface area (Å²) in [5.74, 6) is 1.38. The molecule has 5 nitrogen and oxygen atoms in total. The molecular weight excluding hydrogens is 350 g/mol. The van der Waals surface area contributed by atoms with E-state index in [1.54, 1.807) is 0 Å². The second-order valence-electron chi connectivity index (χ2n) is 10.3. The van der Waals surface area contributed by atoms with E-state index in [0.29, 0.717) is 17.8 Å². The molecule has 28 heavy (non-hydrogen) atoms. The number of hydrogen-bond donors (Lipinski definition) is 2. The quantitative estimate of drug-likeness (QED) is 0.829. The third kappa shape index (κ3) is 2.13. The summed E-state index contributed by atoms with van der Waals surface area (Å²) in [6.07, 6.45) is 8.29. The lowest BCUT2D eigenvalue weighted by atomic mass is 9.47. The molecule has 1 aliphatic heterocycles. The van der Waals surface area contributed by atoms with Gasteiger partial charge in [0.25, 0.3) is 0 Å². The maximum absolute atomic E-state index is 13.2. The molecule has 3 atom stereocenters. The number of carbonyl (C=O) groups excluding carboxylic acids is 2. The number of primary amides is 1. The number of amides is 3. The summed E-state index contributed by atoms with van der Waals surface area (Å²) in [5.41, 5.74) is 8.02. The van der Waals surface area contributed by atoms with Gasteiger partial charge < -0.3 is 16.0 Å². The lowest BCUT2D eigenvalue weighted by Crippen LogP contribution is -2.62. The maximum atomic E-state index is 13.2. The molecule has 6 aliphatic rings. The van der Waals surface area contributed by atoms with E-state index in [4.69, 9.17) is 5.73 Å². The Kier molecular flexibility index (Phi) is 3.33. The first-order chi connectivity index (χ1) is 13.5. The Morgan fingerprint density at radius 3 is 2.64 bits per heavy atom. The van der Waals surface area contributed by atoms with E-state index < -0.39 is 0 Å². The normalized spacial score (nSPS) is 43.3. The van der Waals surface area contributed by atoms with Crippen molar-refractivity contribution < 1.29 is 9.59 Å². The van der Waals surface area contributed by atoms with Crippen LogP contribution < -0.4 is 11.1 Å². The van der Waals surface area contributed by atoms with Gasteiger partial charge in [-0.3, -0.25) is 4.79 Å². The molecular formula is C23H29N3O2. The second kappa shape index (κ2) is 5.52. The van der Waals surface area contributed by atoms with Gasteiger partial charge in [0, 0.05) is 11.5 Å². The Morgan fingerprint density at radius 1 is 1.14 bits per heavy atom. The zero-order valence-corrected chi connectivity index (χ0v) is 16.3. The van der Waals surface area contributed by atoms with Gasteiger partial charge in [-0.2, -0.15) is 0 Å². The first kappa shape index (κ1) is 16.9. The monoisotopic (exact) mass is 379 g/mol. The number of benzene rings is 1. The molecule has 0 aromatic heterocycles. The first-order valence-electron chi connectivity index (χ1n) is 11.0. The molecule has 0 radical (unpaired) electrons. The molecule has 4 saturated carbocycles. The summed E-state index contributed by atoms with van der Waals surface area (Å²) in [6.45, 7) is 0.773. The van der Waals surface area contributed by atoms with Gasteiger partial charge in [-0.1, -0.05) is 24.3 Å². The molecule has 1 aromatic rings. The third-order valence-electron chi connectivity index (χ3n) is 8.74. The van der Waals surface area contributed by atoms with Crippen molar-refractivity contribution in [1.29, 1.82) is 0 Å². The summed E-state index contributed by atoms with van der Waals surface area (Å²) in [4.78, 5) is 27.6. The number of hydrogen-bond acceptors (Lipinski definition) is 2. The van der Waals surface area contributed by atoms with Gasteiger partial charge in [0.2, 0.25) is 5.91 Å². The standard InChI is InChI=1S/C23H29N3O2/c24-20(27)22-10-14-8-16(11-22)19(17(9-14)12-22)26-13-23(25-21(26)28)7-3-5-15-4-1-2-6-18(15)23/h1-2,4,6,14,16-17,19H,3,5,7-13H2,(H2,24,27)(H,25,28). The minimum atomic E-state index is -0.293. The van der Waals surface area contributed by atoms with Crippen LogP contribution in [-0.4, -0.2) is 29.4 Å². The fourth-order valence-electron chi connectivity index (χ4n) is 7.94. The van der Waals surface area contributed by atoms with Crippen molar-refractivity contribution in [3.8, 4) is 0 Å². The highest BCUT2D eigenvalue weighted by atomic mass is 16.2. The summed E-state index contributed by atoms with van der Waals surface area (Å²) < 4.78 is 0. The predicted molar refractivity (Wildman–Crippen MR) is 105 cm³/mol. The molecule has 5 fully saturated rings. The van der Waals surface area contributed by atoms with Crippen LogP contribution in [0.25, 0.3) is 0 Å². The fraction of sp³-hybridized carbons (Fsp3) is 0.652. The van der Waals surface area contributed by atoms with Crippen molar-refractivity contribution in [2.75, 3.05) is 6.54 Å². The van der Waals surface area contributed by atoms with E-state index in [-0.39, 0.29) is 28.9 Å². The number of urea groups is 1. The van der Waals surface area contributed by atoms with E-state index in [9.17, 15) is 9.59 Å². The van der Waals surface area contributed by atoms with Gasteiger partial charge >= 0.3 is 6.03 Å². The van der Waals surface area contributed by atoms with E-state index >= 15 is 0 Å². The molecule has 5 heteroatoms. The summed E-state index contributed by atoms with van der Waals surface area (Å²) in [6, 6.07) is 9.00. The molecule has 3 N–H and O–H groups in total. The van der Waals surface area contributed by atoms with Crippen LogP contribution in [0.4, 0.5) is 4.79 Å². The van der Waals surface area contributed by atoms with Gasteiger partial charge in [0.1, 0.15) is 0 Å². The van der Waals surface area contributed by atoms with Crippen LogP contribution >= 0.6 is 0 Å². The van der Waals surface area contributed by atoms with Gasteiger partial charge in [0.15, 0.2) is 0 Å². The molecule has 1 aromatic carbocycles. The third-order valence-corrected chi connectivity index (χ3v) is 8.74. The summed E-state index contributed by atoms with van der Waals surface area (Å²) >= 11 is 0. The Balaban J connectivity index is 1.33. The second-order valence-corrected chi connectivity index (χ2v) is 10.3. The lowest BCUT2D eigenvalue weighted by molar-refractivity contribution is -0.150. The summed E-state index contributed by atoms with van der Waals surface area (Å²) in [5, 5.41) is 3.41. The van der Waals surface area contributed by atoms with Crippen molar-refractivity contribution in [3.05, 3.63) is 35.4 Å². The van der Waals surface area contributed by atoms with Gasteiger partial charge in [0.05, 0.1) is 12.1 Å². The predicted octanol–water partition coefficient (Wildman–Crippen LogP) is 2.92. The Morgan fingerprint density at radius 2 is 1.89 bits per heavy atom. The molecule has 3 unspecified atom stereocenters. The van der Waals surface area contributed by atoms with Gasteiger partial charge in [-0.15, -0.1) is 0 Å². The Bertz CT molecular complexity index is 851. The molecule has 1 heterocycles. The van der Waals surface area contributed by atoms with Crippen molar-refractivity contribution >= 4 is 11.9 Å². The van der Waals surface area contributed by atoms with Crippen LogP contribution in [-0.2, 0) is 16.8 Å². The van der Waals surface area contributed by atoms with Gasteiger partial charge in [-0.25, -0.2) is 4.79 Å². The van der Waals surface area contributed by atoms with Crippen molar-refractivity contribution in [2.45, 2.75) is 62.9 Å². The minimum Gasteiger partial charge on any atom is -0.369 e. The topological polar surface area (TPSA) is 75.4 Å². The Hall–Kier alpha value is -2.04. The van der Waals surface area contributed by atoms with E-state index in [2.05, 4.69) is 34.5 Å². The van der Waals surface area contributed by atoms with Crippen LogP contribution in [0.15, 0.2) is 24.3 Å². The summed E-state index contributed by atoms with van der Waals surface area (Å²) in [7, 11) is 0. The number of nitrogens with zero attached hydrogens (tertiary/aromatic N) is 1. The number of nitrogens with one attached hydrogen (secondary N) is 1. The lowest BCUT2D eigenvalue weighted by Gasteiger charge is -2.60. The van der Waals surface area contributed by atoms with E-state index in [1.807, 2.05) is 0 Å².